The van der Waals surface area contributed by atoms with Crippen molar-refractivity contribution in [2.75, 3.05) is 49.7 Å². The lowest BCUT2D eigenvalue weighted by atomic mass is 9.89. The molecule has 0 saturated heterocycles. The predicted octanol–water partition coefficient (Wildman–Crippen LogP) is 5.53. The third-order valence-corrected chi connectivity index (χ3v) is 9.29. The topological polar surface area (TPSA) is 137 Å². The van der Waals surface area contributed by atoms with Crippen molar-refractivity contribution in [1.82, 2.24) is 9.80 Å². The molecule has 1 saturated carbocycles. The fourth-order valence-corrected chi connectivity index (χ4v) is 6.54. The number of hydrogen-bond acceptors (Lipinski definition) is 7. The van der Waals surface area contributed by atoms with Crippen LogP contribution in [-0.2, 0) is 9.59 Å². The number of nitrogen functional groups attached to an aromatic ring is 1. The second-order valence-electron chi connectivity index (χ2n) is 13.3. The average molecular weight is 636 g/mol. The molecular weight excluding hydrogens is 582 g/mol. The molecule has 46 heavy (non-hydrogen) atoms. The first-order valence-electron chi connectivity index (χ1n) is 17.0. The highest BCUT2D eigenvalue weighted by Crippen LogP contribution is 2.35. The van der Waals surface area contributed by atoms with Crippen molar-refractivity contribution < 1.29 is 24.2 Å². The number of fused-ring (bicyclic) bond motifs is 1. The van der Waals surface area contributed by atoms with Crippen LogP contribution in [0.15, 0.2) is 42.5 Å². The van der Waals surface area contributed by atoms with Gasteiger partial charge in [-0.3, -0.25) is 14.4 Å². The lowest BCUT2D eigenvalue weighted by molar-refractivity contribution is -0.116. The maximum absolute atomic E-state index is 13.8. The van der Waals surface area contributed by atoms with Crippen LogP contribution >= 0.6 is 0 Å². The lowest BCUT2D eigenvalue weighted by Gasteiger charge is -2.39. The van der Waals surface area contributed by atoms with E-state index in [0.29, 0.717) is 73.1 Å². The van der Waals surface area contributed by atoms with Crippen molar-refractivity contribution in [3.05, 3.63) is 48.0 Å². The molecule has 2 aromatic carbocycles. The fourth-order valence-electron chi connectivity index (χ4n) is 6.54. The van der Waals surface area contributed by atoms with Gasteiger partial charge in [0.2, 0.25) is 11.8 Å². The highest BCUT2D eigenvalue weighted by Gasteiger charge is 2.35. The molecule has 1 heterocycles. The van der Waals surface area contributed by atoms with Gasteiger partial charge in [0.1, 0.15) is 6.10 Å². The highest BCUT2D eigenvalue weighted by atomic mass is 16.5. The van der Waals surface area contributed by atoms with E-state index in [9.17, 15) is 19.5 Å². The number of unbranched alkanes of at least 4 members (excludes halogenated alkanes) is 2. The van der Waals surface area contributed by atoms with Gasteiger partial charge in [-0.15, -0.1) is 0 Å². The van der Waals surface area contributed by atoms with Crippen LogP contribution in [0.3, 0.4) is 0 Å². The maximum Gasteiger partial charge on any atom is 0.258 e. The Kier molecular flexibility index (Phi) is 13.3. The van der Waals surface area contributed by atoms with Gasteiger partial charge in [-0.05, 0) is 69.8 Å². The number of nitrogens with one attached hydrogen (secondary N) is 2. The molecule has 1 fully saturated rings. The molecule has 252 valence electrons. The zero-order valence-corrected chi connectivity index (χ0v) is 27.8. The van der Waals surface area contributed by atoms with Gasteiger partial charge in [0, 0.05) is 38.4 Å². The Morgan fingerprint density at radius 3 is 2.30 bits per heavy atom. The van der Waals surface area contributed by atoms with Crippen LogP contribution in [0.2, 0.25) is 0 Å². The number of para-hydroxylation sites is 3. The number of likely N-dealkylation sites (N-methyl/N-ethyl adjacent to an activating group) is 1. The molecule has 4 rings (SSSR count). The highest BCUT2D eigenvalue weighted by molar-refractivity contribution is 6.01. The van der Waals surface area contributed by atoms with Gasteiger partial charge < -0.3 is 36.0 Å². The second kappa shape index (κ2) is 17.3. The number of rotatable bonds is 14. The number of hydrogen-bond donors (Lipinski definition) is 4. The van der Waals surface area contributed by atoms with E-state index in [2.05, 4.69) is 29.5 Å². The van der Waals surface area contributed by atoms with Gasteiger partial charge in [0.15, 0.2) is 5.75 Å². The minimum Gasteiger partial charge on any atom is -0.486 e. The Morgan fingerprint density at radius 1 is 0.978 bits per heavy atom. The number of amides is 3. The summed E-state index contributed by atoms with van der Waals surface area (Å²) in [4.78, 5) is 43.2. The van der Waals surface area contributed by atoms with Crippen molar-refractivity contribution in [3.63, 3.8) is 0 Å². The van der Waals surface area contributed by atoms with Crippen LogP contribution in [-0.4, -0.2) is 78.1 Å². The molecular formula is C36H53N5O5. The third kappa shape index (κ3) is 9.93. The van der Waals surface area contributed by atoms with Crippen LogP contribution in [0.1, 0.15) is 88.4 Å². The van der Waals surface area contributed by atoms with E-state index in [1.54, 1.807) is 35.2 Å². The van der Waals surface area contributed by atoms with E-state index in [-0.39, 0.29) is 48.8 Å². The first-order chi connectivity index (χ1) is 22.2. The quantitative estimate of drug-likeness (QED) is 0.158. The van der Waals surface area contributed by atoms with Gasteiger partial charge >= 0.3 is 0 Å². The molecule has 3 amide bonds. The molecule has 0 unspecified atom stereocenters. The number of nitrogens with zero attached hydrogens (tertiary/aromatic N) is 2. The molecule has 2 aliphatic rings. The van der Waals surface area contributed by atoms with Crippen molar-refractivity contribution in [2.24, 2.45) is 11.8 Å². The van der Waals surface area contributed by atoms with E-state index < -0.39 is 0 Å². The molecule has 10 nitrogen and oxygen atoms in total. The molecule has 3 atom stereocenters. The summed E-state index contributed by atoms with van der Waals surface area (Å²) < 4.78 is 6.68. The monoisotopic (exact) mass is 635 g/mol. The first-order valence-corrected chi connectivity index (χ1v) is 17.0. The van der Waals surface area contributed by atoms with Crippen LogP contribution in [0, 0.1) is 11.8 Å². The van der Waals surface area contributed by atoms with Crippen LogP contribution in [0.5, 0.6) is 5.75 Å². The summed E-state index contributed by atoms with van der Waals surface area (Å²) in [6, 6.07) is 12.1. The maximum atomic E-state index is 13.8. The Bertz CT molecular complexity index is 1310. The summed E-state index contributed by atoms with van der Waals surface area (Å²) in [6.07, 6.45) is 8.82. The summed E-state index contributed by atoms with van der Waals surface area (Å²) in [6.45, 7) is 5.97. The fraction of sp³-hybridized carbons (Fsp3) is 0.583. The summed E-state index contributed by atoms with van der Waals surface area (Å²) >= 11 is 0. The second-order valence-corrected chi connectivity index (χ2v) is 13.3. The number of benzene rings is 2. The number of ether oxygens (including phenoxy) is 1. The number of anilines is 3. The largest absolute Gasteiger partial charge is 0.486 e. The number of carbonyl (C=O) groups excluding carboxylic acids is 3. The van der Waals surface area contributed by atoms with Gasteiger partial charge in [-0.25, -0.2) is 0 Å². The minimum atomic E-state index is -0.355. The van der Waals surface area contributed by atoms with Crippen LogP contribution in [0.25, 0.3) is 0 Å². The molecule has 10 heteroatoms. The summed E-state index contributed by atoms with van der Waals surface area (Å²) in [5, 5.41) is 15.8. The molecule has 1 aliphatic carbocycles. The Morgan fingerprint density at radius 2 is 1.63 bits per heavy atom. The normalized spacial score (nSPS) is 19.5. The molecule has 1 aliphatic heterocycles. The predicted molar refractivity (Wildman–Crippen MR) is 183 cm³/mol. The van der Waals surface area contributed by atoms with Gasteiger partial charge in [-0.1, -0.05) is 50.8 Å². The number of aliphatic hydroxyl groups is 1. The molecule has 0 aromatic heterocycles. The third-order valence-electron chi connectivity index (χ3n) is 9.29. The van der Waals surface area contributed by atoms with Crippen molar-refractivity contribution in [2.45, 2.75) is 90.2 Å². The molecule has 0 bridgehead atoms. The van der Waals surface area contributed by atoms with E-state index in [1.165, 1.54) is 32.1 Å². The zero-order chi connectivity index (χ0) is 33.1. The lowest BCUT2D eigenvalue weighted by Crippen LogP contribution is -2.50. The number of nitrogens with two attached hydrogens (primary N) is 1. The SMILES string of the molecule is C[C@@H]1CN([C@@H](C)CO)C(=O)c2cccc(NC(=O)CCCCCC(=O)Nc3ccccc3N)c2O[C@@H]1CN(C)CC1CCCCC1. The first kappa shape index (κ1) is 35.2. The van der Waals surface area contributed by atoms with Crippen LogP contribution < -0.4 is 21.1 Å². The Balaban J connectivity index is 1.39. The van der Waals surface area contributed by atoms with Gasteiger partial charge in [0.25, 0.3) is 5.91 Å². The van der Waals surface area contributed by atoms with Gasteiger partial charge in [-0.2, -0.15) is 0 Å². The van der Waals surface area contributed by atoms with Crippen molar-refractivity contribution in [1.29, 1.82) is 0 Å². The number of carbonyl (C=O) groups is 3. The molecule has 0 spiro atoms. The van der Waals surface area contributed by atoms with Crippen molar-refractivity contribution >= 4 is 34.8 Å². The summed E-state index contributed by atoms with van der Waals surface area (Å²) in [5.41, 5.74) is 7.89. The van der Waals surface area contributed by atoms with E-state index in [4.69, 9.17) is 10.5 Å². The minimum absolute atomic E-state index is 0.000745. The summed E-state index contributed by atoms with van der Waals surface area (Å²) in [5.74, 6) is 0.574. The molecule has 2 aromatic rings. The smallest absolute Gasteiger partial charge is 0.258 e. The van der Waals surface area contributed by atoms with Crippen molar-refractivity contribution in [3.8, 4) is 5.75 Å². The standard InChI is InChI=1S/C36H53N5O5/c1-25-21-41(26(2)24-42)36(45)28-15-12-18-31(35(28)46-32(25)23-40(3)22-27-13-6-4-7-14-27)39-34(44)20-9-5-8-19-33(43)38-30-17-11-10-16-29(30)37/h10-12,15-18,25-27,32,42H,4-9,13-14,19-24,37H2,1-3H3,(H,38,43)(H,39,44)/t25-,26+,32-/m1/s1. The van der Waals surface area contributed by atoms with E-state index in [0.717, 1.165) is 6.54 Å². The van der Waals surface area contributed by atoms with Crippen LogP contribution in [0.4, 0.5) is 17.1 Å². The summed E-state index contributed by atoms with van der Waals surface area (Å²) in [7, 11) is 2.14. The molecule has 5 N–H and O–H groups in total. The average Bonchev–Trinajstić information content (AvgIpc) is 3.04. The van der Waals surface area contributed by atoms with E-state index >= 15 is 0 Å². The zero-order valence-electron chi connectivity index (χ0n) is 27.8. The van der Waals surface area contributed by atoms with Gasteiger partial charge in [0.05, 0.1) is 35.3 Å². The van der Waals surface area contributed by atoms with E-state index in [1.807, 2.05) is 19.1 Å². The molecule has 0 radical (unpaired) electrons. The number of aliphatic hydroxyl groups excluding tert-OH is 1. The Labute approximate surface area is 274 Å². The Hall–Kier alpha value is -3.63.